The maximum atomic E-state index is 12.5. The molecule has 28 heavy (non-hydrogen) atoms. The van der Waals surface area contributed by atoms with Crippen molar-refractivity contribution in [2.45, 2.75) is 6.54 Å². The van der Waals surface area contributed by atoms with Gasteiger partial charge in [-0.2, -0.15) is 4.99 Å². The normalized spacial score (nSPS) is 11.4. The first-order chi connectivity index (χ1) is 13.4. The topological polar surface area (TPSA) is 113 Å². The number of esters is 1. The van der Waals surface area contributed by atoms with Gasteiger partial charge in [-0.1, -0.05) is 11.3 Å². The third kappa shape index (κ3) is 3.91. The summed E-state index contributed by atoms with van der Waals surface area (Å²) in [4.78, 5) is 39.2. The van der Waals surface area contributed by atoms with E-state index in [-0.39, 0.29) is 17.0 Å². The van der Waals surface area contributed by atoms with Gasteiger partial charge in [-0.3, -0.25) is 19.7 Å². The van der Waals surface area contributed by atoms with Crippen LogP contribution in [0.15, 0.2) is 47.5 Å². The Hall–Kier alpha value is -3.53. The first-order valence-electron chi connectivity index (χ1n) is 8.00. The summed E-state index contributed by atoms with van der Waals surface area (Å²) in [6.45, 7) is -0.230. The van der Waals surface area contributed by atoms with Crippen LogP contribution in [0, 0.1) is 10.1 Å². The Morgan fingerprint density at radius 1 is 1.18 bits per heavy atom. The number of ether oxygens (including phenoxy) is 2. The van der Waals surface area contributed by atoms with E-state index in [1.54, 1.807) is 30.3 Å². The Balaban J connectivity index is 2.13. The van der Waals surface area contributed by atoms with Crippen LogP contribution in [0.3, 0.4) is 0 Å². The highest BCUT2D eigenvalue weighted by Gasteiger charge is 2.16. The molecule has 2 aromatic carbocycles. The van der Waals surface area contributed by atoms with E-state index in [4.69, 9.17) is 9.47 Å². The molecule has 0 bridgehead atoms. The lowest BCUT2D eigenvalue weighted by Crippen LogP contribution is -2.22. The summed E-state index contributed by atoms with van der Waals surface area (Å²) in [5.41, 5.74) is 0.636. The number of benzene rings is 2. The second-order valence-electron chi connectivity index (χ2n) is 5.60. The molecule has 0 radical (unpaired) electrons. The van der Waals surface area contributed by atoms with E-state index in [1.165, 1.54) is 30.9 Å². The van der Waals surface area contributed by atoms with E-state index < -0.39 is 16.8 Å². The molecule has 144 valence electrons. The molecule has 3 aromatic rings. The molecule has 0 spiro atoms. The second-order valence-corrected chi connectivity index (χ2v) is 6.61. The van der Waals surface area contributed by atoms with Gasteiger partial charge in [0, 0.05) is 17.7 Å². The molecular formula is C18H15N3O6S. The summed E-state index contributed by atoms with van der Waals surface area (Å²) in [5.74, 6) is -0.474. The van der Waals surface area contributed by atoms with Crippen molar-refractivity contribution in [1.82, 2.24) is 4.57 Å². The number of rotatable bonds is 5. The van der Waals surface area contributed by atoms with Crippen LogP contribution >= 0.6 is 11.3 Å². The van der Waals surface area contributed by atoms with Crippen LogP contribution in [0.5, 0.6) is 5.75 Å². The Morgan fingerprint density at radius 2 is 1.89 bits per heavy atom. The van der Waals surface area contributed by atoms with E-state index in [0.717, 1.165) is 11.3 Å². The van der Waals surface area contributed by atoms with Crippen molar-refractivity contribution in [2.24, 2.45) is 4.99 Å². The van der Waals surface area contributed by atoms with E-state index in [1.807, 2.05) is 0 Å². The molecule has 0 saturated carbocycles. The van der Waals surface area contributed by atoms with Crippen molar-refractivity contribution >= 4 is 39.1 Å². The Morgan fingerprint density at radius 3 is 2.50 bits per heavy atom. The highest BCUT2D eigenvalue weighted by atomic mass is 32.1. The number of carbonyl (C=O) groups is 2. The number of thiazole rings is 1. The number of nitro groups is 1. The van der Waals surface area contributed by atoms with Crippen LogP contribution < -0.4 is 9.54 Å². The molecule has 0 atom stereocenters. The monoisotopic (exact) mass is 401 g/mol. The minimum Gasteiger partial charge on any atom is -0.497 e. The second kappa shape index (κ2) is 8.01. The number of nitro benzene ring substituents is 1. The molecule has 3 rings (SSSR count). The largest absolute Gasteiger partial charge is 0.497 e. The molecule has 1 amide bonds. The van der Waals surface area contributed by atoms with Crippen LogP contribution in [-0.4, -0.2) is 35.6 Å². The minimum absolute atomic E-state index is 0.128. The third-order valence-electron chi connectivity index (χ3n) is 3.93. The van der Waals surface area contributed by atoms with E-state index in [0.29, 0.717) is 21.5 Å². The molecule has 0 saturated heterocycles. The van der Waals surface area contributed by atoms with Gasteiger partial charge < -0.3 is 14.0 Å². The fraction of sp³-hybridized carbons (Fsp3) is 0.167. The molecule has 1 aromatic heterocycles. The van der Waals surface area contributed by atoms with Crippen LogP contribution in [0.25, 0.3) is 10.2 Å². The molecule has 0 aliphatic rings. The van der Waals surface area contributed by atoms with Crippen molar-refractivity contribution in [3.63, 3.8) is 0 Å². The first kappa shape index (κ1) is 19.2. The molecular weight excluding hydrogens is 386 g/mol. The van der Waals surface area contributed by atoms with Crippen molar-refractivity contribution in [1.29, 1.82) is 0 Å². The number of aromatic nitrogens is 1. The zero-order valence-electron chi connectivity index (χ0n) is 14.9. The summed E-state index contributed by atoms with van der Waals surface area (Å²) in [7, 11) is 2.76. The van der Waals surface area contributed by atoms with Crippen molar-refractivity contribution in [3.05, 3.63) is 62.9 Å². The highest BCUT2D eigenvalue weighted by Crippen LogP contribution is 2.23. The lowest BCUT2D eigenvalue weighted by molar-refractivity contribution is -0.384. The van der Waals surface area contributed by atoms with Gasteiger partial charge in [-0.05, 0) is 30.3 Å². The van der Waals surface area contributed by atoms with Crippen molar-refractivity contribution < 1.29 is 24.0 Å². The standard InChI is InChI=1S/C18H15N3O6S/c1-26-13-6-3-11(4-7-13)17(23)19-18-20(10-16(22)27-2)14-9-12(21(24)25)5-8-15(14)28-18/h3-9H,10H2,1-2H3. The zero-order chi connectivity index (χ0) is 20.3. The SMILES string of the molecule is COC(=O)Cn1c(=NC(=O)c2ccc(OC)cc2)sc2ccc([N+](=O)[O-])cc21. The van der Waals surface area contributed by atoms with Gasteiger partial charge in [-0.15, -0.1) is 0 Å². The summed E-state index contributed by atoms with van der Waals surface area (Å²) < 4.78 is 11.8. The predicted octanol–water partition coefficient (Wildman–Crippen LogP) is 2.53. The average Bonchev–Trinajstić information content (AvgIpc) is 3.04. The molecule has 1 heterocycles. The summed E-state index contributed by atoms with van der Waals surface area (Å²) >= 11 is 1.15. The zero-order valence-corrected chi connectivity index (χ0v) is 15.8. The first-order valence-corrected chi connectivity index (χ1v) is 8.82. The lowest BCUT2D eigenvalue weighted by Gasteiger charge is -2.04. The number of carbonyl (C=O) groups excluding carboxylic acids is 2. The van der Waals surface area contributed by atoms with E-state index in [2.05, 4.69) is 4.99 Å². The number of methoxy groups -OCH3 is 2. The molecule has 0 aliphatic carbocycles. The van der Waals surface area contributed by atoms with Crippen molar-refractivity contribution in [3.8, 4) is 5.75 Å². The molecule has 0 unspecified atom stereocenters. The molecule has 10 heteroatoms. The van der Waals surface area contributed by atoms with Gasteiger partial charge in [0.1, 0.15) is 12.3 Å². The Bertz CT molecular complexity index is 1130. The van der Waals surface area contributed by atoms with Gasteiger partial charge in [0.25, 0.3) is 11.6 Å². The smallest absolute Gasteiger partial charge is 0.325 e. The fourth-order valence-electron chi connectivity index (χ4n) is 2.49. The van der Waals surface area contributed by atoms with Crippen molar-refractivity contribution in [2.75, 3.05) is 14.2 Å². The average molecular weight is 401 g/mol. The lowest BCUT2D eigenvalue weighted by atomic mass is 10.2. The Labute approximate surface area is 162 Å². The number of nitrogens with zero attached hydrogens (tertiary/aromatic N) is 3. The van der Waals surface area contributed by atoms with E-state index >= 15 is 0 Å². The van der Waals surface area contributed by atoms with Gasteiger partial charge in [0.05, 0.1) is 29.4 Å². The molecule has 0 N–H and O–H groups in total. The minimum atomic E-state index is -0.565. The van der Waals surface area contributed by atoms with Gasteiger partial charge in [-0.25, -0.2) is 0 Å². The maximum absolute atomic E-state index is 12.5. The molecule has 0 fully saturated rings. The predicted molar refractivity (Wildman–Crippen MR) is 101 cm³/mol. The number of non-ortho nitro benzene ring substituents is 1. The number of hydrogen-bond acceptors (Lipinski definition) is 7. The highest BCUT2D eigenvalue weighted by molar-refractivity contribution is 7.16. The molecule has 9 nitrogen and oxygen atoms in total. The summed E-state index contributed by atoms with van der Waals surface area (Å²) in [6.07, 6.45) is 0. The molecule has 0 aliphatic heterocycles. The number of amides is 1. The summed E-state index contributed by atoms with van der Waals surface area (Å²) in [5, 5.41) is 11.1. The van der Waals surface area contributed by atoms with Crippen LogP contribution in [-0.2, 0) is 16.1 Å². The van der Waals surface area contributed by atoms with Crippen LogP contribution in [0.4, 0.5) is 5.69 Å². The van der Waals surface area contributed by atoms with Gasteiger partial charge in [0.2, 0.25) is 0 Å². The van der Waals surface area contributed by atoms with Gasteiger partial charge in [0.15, 0.2) is 4.80 Å². The fourth-order valence-corrected chi connectivity index (χ4v) is 3.50. The van der Waals surface area contributed by atoms with E-state index in [9.17, 15) is 19.7 Å². The quantitative estimate of drug-likeness (QED) is 0.369. The Kier molecular flexibility index (Phi) is 5.50. The van der Waals surface area contributed by atoms with Crippen LogP contribution in [0.2, 0.25) is 0 Å². The summed E-state index contributed by atoms with van der Waals surface area (Å²) in [6, 6.07) is 10.7. The maximum Gasteiger partial charge on any atom is 0.325 e. The van der Waals surface area contributed by atoms with Crippen LogP contribution in [0.1, 0.15) is 10.4 Å². The number of fused-ring (bicyclic) bond motifs is 1. The third-order valence-corrected chi connectivity index (χ3v) is 4.98. The number of hydrogen-bond donors (Lipinski definition) is 0. The van der Waals surface area contributed by atoms with Gasteiger partial charge >= 0.3 is 5.97 Å².